The van der Waals surface area contributed by atoms with Crippen molar-refractivity contribution in [2.75, 3.05) is 13.7 Å². The Balaban J connectivity index is 1.42. The quantitative estimate of drug-likeness (QED) is 0.547. The fourth-order valence-electron chi connectivity index (χ4n) is 6.10. The Hall–Kier alpha value is -3.68. The molecule has 37 heavy (non-hydrogen) atoms. The van der Waals surface area contributed by atoms with Crippen molar-refractivity contribution in [2.24, 2.45) is 11.8 Å². The van der Waals surface area contributed by atoms with Gasteiger partial charge < -0.3 is 25.3 Å². The largest absolute Gasteiger partial charge is 0.496 e. The van der Waals surface area contributed by atoms with Gasteiger partial charge in [0.2, 0.25) is 11.8 Å². The van der Waals surface area contributed by atoms with Gasteiger partial charge in [-0.1, -0.05) is 6.07 Å². The molecule has 1 aliphatic carbocycles. The van der Waals surface area contributed by atoms with Crippen molar-refractivity contribution in [3.05, 3.63) is 30.0 Å². The lowest BCUT2D eigenvalue weighted by atomic mass is 9.71. The second kappa shape index (κ2) is 9.65. The minimum absolute atomic E-state index is 0.0844. The Bertz CT molecular complexity index is 1270. The number of carbonyl (C=O) groups is 3. The maximum absolute atomic E-state index is 15.0. The number of nitriles is 1. The van der Waals surface area contributed by atoms with E-state index in [4.69, 9.17) is 4.74 Å². The third-order valence-corrected chi connectivity index (χ3v) is 7.90. The number of methoxy groups -OCH3 is 1. The van der Waals surface area contributed by atoms with Crippen molar-refractivity contribution in [1.82, 2.24) is 20.5 Å². The number of piperidine rings is 3. The van der Waals surface area contributed by atoms with Gasteiger partial charge in [0.05, 0.1) is 19.1 Å². The Morgan fingerprint density at radius 3 is 2.84 bits per heavy atom. The van der Waals surface area contributed by atoms with Gasteiger partial charge >= 0.3 is 0 Å². The zero-order chi connectivity index (χ0) is 26.3. The molecule has 3 aliphatic heterocycles. The number of carbonyl (C=O) groups excluding carboxylic acids is 3. The van der Waals surface area contributed by atoms with Crippen LogP contribution in [0.25, 0.3) is 10.9 Å². The van der Waals surface area contributed by atoms with Crippen LogP contribution in [0.2, 0.25) is 0 Å². The van der Waals surface area contributed by atoms with Crippen LogP contribution in [-0.4, -0.2) is 65.3 Å². The summed E-state index contributed by atoms with van der Waals surface area (Å²) in [6.07, 6.45) is 1.38. The lowest BCUT2D eigenvalue weighted by molar-refractivity contribution is -0.179. The van der Waals surface area contributed by atoms with E-state index in [1.807, 2.05) is 6.07 Å². The average Bonchev–Trinajstić information content (AvgIpc) is 3.33. The number of aromatic nitrogens is 1. The summed E-state index contributed by atoms with van der Waals surface area (Å²) in [5.74, 6) is -5.90. The topological polar surface area (TPSA) is 127 Å². The van der Waals surface area contributed by atoms with Gasteiger partial charge in [0.25, 0.3) is 11.8 Å². The smallest absolute Gasteiger partial charge is 0.271 e. The zero-order valence-corrected chi connectivity index (χ0v) is 20.4. The van der Waals surface area contributed by atoms with E-state index in [0.717, 1.165) is 6.42 Å². The molecule has 6 rings (SSSR count). The molecule has 0 radical (unpaired) electrons. The first-order valence-electron chi connectivity index (χ1n) is 12.6. The lowest BCUT2D eigenvalue weighted by Crippen LogP contribution is -2.68. The highest BCUT2D eigenvalue weighted by molar-refractivity contribution is 6.02. The fraction of sp³-hybridized carbons (Fsp3) is 0.538. The molecule has 2 bridgehead atoms. The number of hydrogen-bond donors (Lipinski definition) is 3. The van der Waals surface area contributed by atoms with E-state index >= 15 is 0 Å². The first-order valence-corrected chi connectivity index (χ1v) is 12.6. The van der Waals surface area contributed by atoms with Gasteiger partial charge in [-0.15, -0.1) is 0 Å². The number of nitrogens with one attached hydrogen (secondary N) is 3. The normalized spacial score (nSPS) is 27.3. The van der Waals surface area contributed by atoms with E-state index in [9.17, 15) is 28.4 Å². The summed E-state index contributed by atoms with van der Waals surface area (Å²) in [6, 6.07) is 5.59. The Labute approximate surface area is 212 Å². The molecule has 4 heterocycles. The van der Waals surface area contributed by atoms with Crippen LogP contribution in [0.5, 0.6) is 5.75 Å². The molecule has 196 valence electrons. The predicted molar refractivity (Wildman–Crippen MR) is 129 cm³/mol. The molecule has 0 spiro atoms. The third-order valence-electron chi connectivity index (χ3n) is 7.90. The molecular formula is C26H29F2N5O4. The summed E-state index contributed by atoms with van der Waals surface area (Å²) in [5.41, 5.74) is 0.815. The molecule has 0 unspecified atom stereocenters. The van der Waals surface area contributed by atoms with Crippen molar-refractivity contribution in [3.63, 3.8) is 0 Å². The van der Waals surface area contributed by atoms with E-state index in [-0.39, 0.29) is 24.4 Å². The maximum atomic E-state index is 15.0. The van der Waals surface area contributed by atoms with Crippen molar-refractivity contribution < 1.29 is 27.9 Å². The van der Waals surface area contributed by atoms with Crippen LogP contribution < -0.4 is 15.4 Å². The number of ether oxygens (including phenoxy) is 1. The van der Waals surface area contributed by atoms with Crippen LogP contribution in [-0.2, 0) is 9.59 Å². The molecule has 4 fully saturated rings. The molecule has 3 N–H and O–H groups in total. The van der Waals surface area contributed by atoms with E-state index < -0.39 is 54.1 Å². The number of halogens is 2. The van der Waals surface area contributed by atoms with Crippen LogP contribution in [0.15, 0.2) is 24.3 Å². The molecule has 4 aliphatic rings. The molecule has 2 aromatic rings. The Kier molecular flexibility index (Phi) is 6.52. The summed E-state index contributed by atoms with van der Waals surface area (Å²) >= 11 is 0. The average molecular weight is 514 g/mol. The molecule has 11 heteroatoms. The van der Waals surface area contributed by atoms with Crippen molar-refractivity contribution in [2.45, 2.75) is 62.6 Å². The van der Waals surface area contributed by atoms with E-state index in [1.54, 1.807) is 24.3 Å². The van der Waals surface area contributed by atoms with Crippen LogP contribution in [0.1, 0.15) is 49.0 Å². The molecular weight excluding hydrogens is 484 g/mol. The standard InChI is InChI=1S/C26H29F2N5O4/c1-37-21-6-2-5-19-17(21)11-20(32-19)25(36)33-16-7-8-18(26(27,28)12-16)22(33)24(35)31-15(13-29)10-14-4-3-9-30-23(14)34/h2,5-6,11,14-16,18,22,32H,3-4,7-10,12H2,1H3,(H,30,34)(H,31,35)/t14-,15+,16-,18-,22-/m1/s1. The van der Waals surface area contributed by atoms with Crippen LogP contribution in [0, 0.1) is 23.2 Å². The third kappa shape index (κ3) is 4.49. The molecule has 1 saturated carbocycles. The summed E-state index contributed by atoms with van der Waals surface area (Å²) in [5, 5.41) is 15.6. The minimum Gasteiger partial charge on any atom is -0.496 e. The fourth-order valence-corrected chi connectivity index (χ4v) is 6.10. The highest BCUT2D eigenvalue weighted by Gasteiger charge is 2.60. The van der Waals surface area contributed by atoms with Gasteiger partial charge in [0.1, 0.15) is 23.5 Å². The Morgan fingerprint density at radius 2 is 2.14 bits per heavy atom. The second-order valence-electron chi connectivity index (χ2n) is 10.1. The van der Waals surface area contributed by atoms with Crippen molar-refractivity contribution in [3.8, 4) is 11.8 Å². The number of rotatable bonds is 6. The number of hydrogen-bond acceptors (Lipinski definition) is 5. The monoisotopic (exact) mass is 513 g/mol. The first kappa shape index (κ1) is 25.0. The van der Waals surface area contributed by atoms with E-state index in [1.165, 1.54) is 12.0 Å². The van der Waals surface area contributed by atoms with Gasteiger partial charge in [-0.25, -0.2) is 8.78 Å². The van der Waals surface area contributed by atoms with Crippen molar-refractivity contribution in [1.29, 1.82) is 5.26 Å². The molecule has 1 aromatic heterocycles. The highest BCUT2D eigenvalue weighted by Crippen LogP contribution is 2.49. The summed E-state index contributed by atoms with van der Waals surface area (Å²) in [6.45, 7) is 0.565. The van der Waals surface area contributed by atoms with E-state index in [2.05, 4.69) is 15.6 Å². The maximum Gasteiger partial charge on any atom is 0.271 e. The molecule has 5 atom stereocenters. The first-order chi connectivity index (χ1) is 17.7. The van der Waals surface area contributed by atoms with Gasteiger partial charge in [-0.2, -0.15) is 5.26 Å². The highest BCUT2D eigenvalue weighted by atomic mass is 19.3. The molecule has 9 nitrogen and oxygen atoms in total. The number of fused-ring (bicyclic) bond motifs is 4. The molecule has 3 saturated heterocycles. The van der Waals surface area contributed by atoms with Gasteiger partial charge in [-0.05, 0) is 50.3 Å². The molecule has 3 amide bonds. The zero-order valence-electron chi connectivity index (χ0n) is 20.4. The number of nitrogens with zero attached hydrogens (tertiary/aromatic N) is 2. The second-order valence-corrected chi connectivity index (χ2v) is 10.1. The minimum atomic E-state index is -3.11. The van der Waals surface area contributed by atoms with Gasteiger partial charge in [0.15, 0.2) is 0 Å². The molecule has 1 aromatic carbocycles. The van der Waals surface area contributed by atoms with Crippen molar-refractivity contribution >= 4 is 28.6 Å². The summed E-state index contributed by atoms with van der Waals surface area (Å²) in [4.78, 5) is 43.6. The Morgan fingerprint density at radius 1 is 1.32 bits per heavy atom. The number of benzene rings is 1. The van der Waals surface area contributed by atoms with Gasteiger partial charge in [-0.3, -0.25) is 14.4 Å². The van der Waals surface area contributed by atoms with Gasteiger partial charge in [0, 0.05) is 35.8 Å². The summed E-state index contributed by atoms with van der Waals surface area (Å²) in [7, 11) is 1.51. The SMILES string of the molecule is COc1cccc2[nH]c(C(=O)N3[C@@H]4CC[C@H]([C@@H]3C(=O)N[C@H](C#N)C[C@H]3CCCNC3=O)C(F)(F)C4)cc12. The number of aromatic amines is 1. The lowest BCUT2D eigenvalue weighted by Gasteiger charge is -2.53. The summed E-state index contributed by atoms with van der Waals surface area (Å²) < 4.78 is 35.4. The number of amides is 3. The number of alkyl halides is 2. The van der Waals surface area contributed by atoms with E-state index in [0.29, 0.717) is 36.0 Å². The van der Waals surface area contributed by atoms with Crippen LogP contribution in [0.4, 0.5) is 8.78 Å². The predicted octanol–water partition coefficient (Wildman–Crippen LogP) is 2.73. The number of H-pyrrole nitrogens is 1. The van der Waals surface area contributed by atoms with Crippen LogP contribution >= 0.6 is 0 Å². The van der Waals surface area contributed by atoms with Crippen LogP contribution in [0.3, 0.4) is 0 Å².